The van der Waals surface area contributed by atoms with Gasteiger partial charge in [-0.3, -0.25) is 0 Å². The number of hydrogen-bond donors (Lipinski definition) is 1. The van der Waals surface area contributed by atoms with Gasteiger partial charge in [-0.25, -0.2) is 0 Å². The highest BCUT2D eigenvalue weighted by Crippen LogP contribution is 2.14. The lowest BCUT2D eigenvalue weighted by Crippen LogP contribution is -2.15. The average molecular weight is 316 g/mol. The molecule has 0 bridgehead atoms. The third-order valence-electron chi connectivity index (χ3n) is 3.84. The summed E-state index contributed by atoms with van der Waals surface area (Å²) in [6.07, 6.45) is 10.3. The van der Waals surface area contributed by atoms with Crippen LogP contribution in [-0.4, -0.2) is 11.7 Å². The lowest BCUT2D eigenvalue weighted by atomic mass is 10.1. The minimum Gasteiger partial charge on any atom is -0.512 e. The van der Waals surface area contributed by atoms with E-state index in [9.17, 15) is 5.11 Å². The second-order valence-electron chi connectivity index (χ2n) is 5.65. The average Bonchev–Trinajstić information content (AvgIpc) is 3.13. The van der Waals surface area contributed by atoms with Crippen molar-refractivity contribution in [3.05, 3.63) is 101 Å². The lowest BCUT2D eigenvalue weighted by Gasteiger charge is -2.08. The number of aliphatic hydroxyl groups excluding tert-OH is 1. The van der Waals surface area contributed by atoms with Crippen LogP contribution in [-0.2, 0) is 0 Å². The first kappa shape index (κ1) is 15.9. The van der Waals surface area contributed by atoms with Crippen LogP contribution < -0.4 is 15.2 Å². The van der Waals surface area contributed by atoms with Crippen molar-refractivity contribution in [2.75, 3.05) is 6.61 Å². The molecule has 2 nitrogen and oxygen atoms in total. The molecule has 0 aromatic heterocycles. The smallest absolute Gasteiger partial charge is 0.119 e. The van der Waals surface area contributed by atoms with E-state index in [1.165, 1.54) is 0 Å². The molecule has 0 saturated heterocycles. The van der Waals surface area contributed by atoms with Crippen molar-refractivity contribution >= 4 is 11.3 Å². The van der Waals surface area contributed by atoms with Gasteiger partial charge < -0.3 is 9.84 Å². The van der Waals surface area contributed by atoms with Crippen molar-refractivity contribution < 1.29 is 9.84 Å². The van der Waals surface area contributed by atoms with Gasteiger partial charge in [0.2, 0.25) is 0 Å². The summed E-state index contributed by atoms with van der Waals surface area (Å²) in [5.74, 6) is 1.17. The number of rotatable bonds is 4. The molecule has 0 spiro atoms. The van der Waals surface area contributed by atoms with Gasteiger partial charge in [0.25, 0.3) is 0 Å². The molecule has 0 amide bonds. The molecule has 2 heteroatoms. The van der Waals surface area contributed by atoms with Crippen LogP contribution in [0.5, 0.6) is 5.75 Å². The summed E-state index contributed by atoms with van der Waals surface area (Å²) in [5, 5.41) is 11.5. The molecule has 1 aliphatic rings. The molecule has 0 aliphatic heterocycles. The fourth-order valence-corrected chi connectivity index (χ4v) is 2.50. The molecule has 2 aromatic rings. The SMILES string of the molecule is CC(O)=c1ccc(=C(C=C2C=CC=C2)COc2ccccc2)cc1. The molecule has 3 rings (SSSR count). The Hall–Kier alpha value is -3.00. The maximum Gasteiger partial charge on any atom is 0.119 e. The molecule has 0 heterocycles. The largest absolute Gasteiger partial charge is 0.512 e. The monoisotopic (exact) mass is 316 g/mol. The van der Waals surface area contributed by atoms with Crippen molar-refractivity contribution in [3.63, 3.8) is 0 Å². The van der Waals surface area contributed by atoms with E-state index in [0.717, 1.165) is 27.3 Å². The summed E-state index contributed by atoms with van der Waals surface area (Å²) in [7, 11) is 0. The number of ether oxygens (including phenoxy) is 1. The van der Waals surface area contributed by atoms with E-state index in [1.807, 2.05) is 66.7 Å². The summed E-state index contributed by atoms with van der Waals surface area (Å²) in [4.78, 5) is 0. The minimum atomic E-state index is 0.323. The van der Waals surface area contributed by atoms with Gasteiger partial charge in [-0.05, 0) is 41.5 Å². The summed E-state index contributed by atoms with van der Waals surface area (Å²) in [5.41, 5.74) is 2.24. The Morgan fingerprint density at radius 3 is 2.17 bits per heavy atom. The first-order valence-corrected chi connectivity index (χ1v) is 7.96. The van der Waals surface area contributed by atoms with E-state index in [1.54, 1.807) is 6.92 Å². The fourth-order valence-electron chi connectivity index (χ4n) is 2.50. The highest BCUT2D eigenvalue weighted by molar-refractivity contribution is 5.63. The minimum absolute atomic E-state index is 0.323. The Morgan fingerprint density at radius 1 is 0.917 bits per heavy atom. The zero-order chi connectivity index (χ0) is 16.8. The first-order valence-electron chi connectivity index (χ1n) is 7.96. The number of hydrogen-bond acceptors (Lipinski definition) is 2. The maximum atomic E-state index is 9.59. The standard InChI is InChI=1S/C22H20O2/c1-17(23)19-11-13-20(14-12-19)21(15-18-7-5-6-8-18)16-24-22-9-3-2-4-10-22/h2-15,23H,16H2,1H3. The fraction of sp³-hybridized carbons (Fsp3) is 0.0909. The second kappa shape index (κ2) is 7.51. The second-order valence-corrected chi connectivity index (χ2v) is 5.65. The summed E-state index contributed by atoms with van der Waals surface area (Å²) >= 11 is 0. The van der Waals surface area contributed by atoms with Gasteiger partial charge in [0.1, 0.15) is 12.4 Å². The molecule has 0 saturated carbocycles. The first-order chi connectivity index (χ1) is 11.7. The molecule has 1 N–H and O–H groups in total. The predicted molar refractivity (Wildman–Crippen MR) is 99.1 cm³/mol. The number of para-hydroxylation sites is 1. The highest BCUT2D eigenvalue weighted by atomic mass is 16.5. The lowest BCUT2D eigenvalue weighted by molar-refractivity contribution is 0.369. The topological polar surface area (TPSA) is 29.5 Å². The van der Waals surface area contributed by atoms with E-state index >= 15 is 0 Å². The Labute approximate surface area is 142 Å². The van der Waals surface area contributed by atoms with Crippen LogP contribution in [0.3, 0.4) is 0 Å². The molecule has 0 radical (unpaired) electrons. The molecule has 1 aliphatic carbocycles. The third kappa shape index (κ3) is 4.05. The van der Waals surface area contributed by atoms with Crippen LogP contribution in [0.1, 0.15) is 6.92 Å². The van der Waals surface area contributed by atoms with Gasteiger partial charge in [-0.2, -0.15) is 0 Å². The molecule has 0 atom stereocenters. The Bertz CT molecular complexity index is 875. The van der Waals surface area contributed by atoms with Crippen LogP contribution in [0.2, 0.25) is 0 Å². The van der Waals surface area contributed by atoms with Crippen LogP contribution >= 0.6 is 0 Å². The number of benzene rings is 2. The molecule has 120 valence electrons. The van der Waals surface area contributed by atoms with Gasteiger partial charge in [-0.15, -0.1) is 0 Å². The molecule has 0 fully saturated rings. The molecular weight excluding hydrogens is 296 g/mol. The van der Waals surface area contributed by atoms with E-state index in [-0.39, 0.29) is 0 Å². The zero-order valence-corrected chi connectivity index (χ0v) is 13.6. The zero-order valence-electron chi connectivity index (χ0n) is 13.6. The normalized spacial score (nSPS) is 12.3. The summed E-state index contributed by atoms with van der Waals surface area (Å²) in [6.45, 7) is 2.17. The van der Waals surface area contributed by atoms with Gasteiger partial charge in [-0.1, -0.05) is 66.8 Å². The Balaban J connectivity index is 1.97. The van der Waals surface area contributed by atoms with Crippen LogP contribution in [0, 0.1) is 0 Å². The number of allylic oxidation sites excluding steroid dienone is 5. The maximum absolute atomic E-state index is 9.59. The molecule has 2 aromatic carbocycles. The van der Waals surface area contributed by atoms with Gasteiger partial charge in [0, 0.05) is 5.22 Å². The van der Waals surface area contributed by atoms with E-state index in [2.05, 4.69) is 18.2 Å². The van der Waals surface area contributed by atoms with Crippen molar-refractivity contribution in [2.45, 2.75) is 6.92 Å². The van der Waals surface area contributed by atoms with Gasteiger partial charge >= 0.3 is 0 Å². The van der Waals surface area contributed by atoms with E-state index in [4.69, 9.17) is 4.74 Å². The highest BCUT2D eigenvalue weighted by Gasteiger charge is 2.01. The van der Waals surface area contributed by atoms with Crippen molar-refractivity contribution in [1.29, 1.82) is 0 Å². The van der Waals surface area contributed by atoms with Crippen LogP contribution in [0.15, 0.2) is 90.6 Å². The van der Waals surface area contributed by atoms with Crippen molar-refractivity contribution in [2.24, 2.45) is 0 Å². The summed E-state index contributed by atoms with van der Waals surface area (Å²) in [6, 6.07) is 17.7. The van der Waals surface area contributed by atoms with Gasteiger partial charge in [0.05, 0.1) is 5.76 Å². The van der Waals surface area contributed by atoms with Crippen molar-refractivity contribution in [1.82, 2.24) is 0 Å². The third-order valence-corrected chi connectivity index (χ3v) is 3.84. The van der Waals surface area contributed by atoms with Gasteiger partial charge in [0.15, 0.2) is 0 Å². The number of aliphatic hydroxyl groups is 1. The predicted octanol–water partition coefficient (Wildman–Crippen LogP) is 3.65. The van der Waals surface area contributed by atoms with Crippen LogP contribution in [0.4, 0.5) is 0 Å². The quantitative estimate of drug-likeness (QED) is 0.933. The molecule has 0 unspecified atom stereocenters. The van der Waals surface area contributed by atoms with Crippen LogP contribution in [0.25, 0.3) is 11.3 Å². The molecule has 24 heavy (non-hydrogen) atoms. The molecular formula is C22H20O2. The Morgan fingerprint density at radius 2 is 1.54 bits per heavy atom. The summed E-state index contributed by atoms with van der Waals surface area (Å²) < 4.78 is 5.93. The van der Waals surface area contributed by atoms with E-state index < -0.39 is 0 Å². The Kier molecular flexibility index (Phi) is 4.97. The van der Waals surface area contributed by atoms with Crippen molar-refractivity contribution in [3.8, 4) is 5.75 Å². The van der Waals surface area contributed by atoms with E-state index in [0.29, 0.717) is 12.4 Å².